The largest absolute Gasteiger partial charge is 0.444 e. The number of aryl methyl sites for hydroxylation is 2. The fourth-order valence-electron chi connectivity index (χ4n) is 1.92. The van der Waals surface area contributed by atoms with Crippen molar-refractivity contribution in [3.8, 4) is 0 Å². The van der Waals surface area contributed by atoms with Gasteiger partial charge >= 0.3 is 6.09 Å². The zero-order valence-electron chi connectivity index (χ0n) is 14.1. The summed E-state index contributed by atoms with van der Waals surface area (Å²) >= 11 is 1.72. The highest BCUT2D eigenvalue weighted by Crippen LogP contribution is 2.24. The van der Waals surface area contributed by atoms with Crippen molar-refractivity contribution >= 4 is 17.4 Å². The van der Waals surface area contributed by atoms with Gasteiger partial charge in [-0.3, -0.25) is 0 Å². The molecule has 0 aliphatic carbocycles. The fourth-order valence-corrected chi connectivity index (χ4v) is 2.88. The molecule has 0 radical (unpaired) electrons. The van der Waals surface area contributed by atoms with Crippen molar-refractivity contribution in [2.45, 2.75) is 53.2 Å². The minimum absolute atomic E-state index is 0.239. The second kappa shape index (κ2) is 7.22. The molecule has 1 aromatic heterocycles. The Balaban J connectivity index is 2.39. The average Bonchev–Trinajstić information content (AvgIpc) is 2.66. The number of amides is 1. The van der Waals surface area contributed by atoms with Crippen molar-refractivity contribution in [2.75, 3.05) is 20.1 Å². The van der Waals surface area contributed by atoms with E-state index in [9.17, 15) is 4.79 Å². The molecule has 1 amide bonds. The summed E-state index contributed by atoms with van der Waals surface area (Å²) in [4.78, 5) is 19.1. The van der Waals surface area contributed by atoms with Crippen molar-refractivity contribution in [1.82, 2.24) is 15.2 Å². The van der Waals surface area contributed by atoms with E-state index in [4.69, 9.17) is 4.74 Å². The molecule has 0 aromatic carbocycles. The molecule has 0 saturated heterocycles. The fraction of sp³-hybridized carbons (Fsp3) is 0.733. The maximum atomic E-state index is 11.8. The molecule has 0 aliphatic heterocycles. The molecule has 0 spiro atoms. The highest BCUT2D eigenvalue weighted by molar-refractivity contribution is 7.11. The van der Waals surface area contributed by atoms with Crippen LogP contribution in [-0.4, -0.2) is 41.7 Å². The van der Waals surface area contributed by atoms with Gasteiger partial charge in [0.15, 0.2) is 0 Å². The lowest BCUT2D eigenvalue weighted by Gasteiger charge is -2.25. The van der Waals surface area contributed by atoms with Crippen LogP contribution in [0.4, 0.5) is 4.79 Å². The number of hydrogen-bond donors (Lipinski definition) is 1. The molecular formula is C15H27N3O2S. The number of carbonyl (C=O) groups excluding carboxylic acids is 1. The van der Waals surface area contributed by atoms with Gasteiger partial charge in [0.1, 0.15) is 5.60 Å². The Kier molecular flexibility index (Phi) is 6.16. The van der Waals surface area contributed by atoms with Gasteiger partial charge in [-0.2, -0.15) is 0 Å². The highest BCUT2D eigenvalue weighted by Gasteiger charge is 2.19. The van der Waals surface area contributed by atoms with E-state index in [1.54, 1.807) is 23.3 Å². The van der Waals surface area contributed by atoms with Crippen molar-refractivity contribution in [1.29, 1.82) is 0 Å². The lowest BCUT2D eigenvalue weighted by Crippen LogP contribution is -2.38. The van der Waals surface area contributed by atoms with E-state index in [0.717, 1.165) is 10.7 Å². The van der Waals surface area contributed by atoms with E-state index >= 15 is 0 Å². The third-order valence-electron chi connectivity index (χ3n) is 2.94. The maximum absolute atomic E-state index is 11.8. The summed E-state index contributed by atoms with van der Waals surface area (Å²) in [6, 6.07) is 0.239. The van der Waals surface area contributed by atoms with Crippen LogP contribution in [0.1, 0.15) is 49.3 Å². The smallest absolute Gasteiger partial charge is 0.410 e. The van der Waals surface area contributed by atoms with Gasteiger partial charge < -0.3 is 15.0 Å². The van der Waals surface area contributed by atoms with Gasteiger partial charge in [0.25, 0.3) is 0 Å². The van der Waals surface area contributed by atoms with Gasteiger partial charge in [0.05, 0.1) is 10.7 Å². The summed E-state index contributed by atoms with van der Waals surface area (Å²) in [5, 5.41) is 4.51. The molecule has 1 heterocycles. The van der Waals surface area contributed by atoms with Crippen LogP contribution >= 0.6 is 11.3 Å². The molecule has 1 N–H and O–H groups in total. The molecule has 0 fully saturated rings. The average molecular weight is 313 g/mol. The first-order chi connectivity index (χ1) is 9.60. The van der Waals surface area contributed by atoms with Gasteiger partial charge in [-0.1, -0.05) is 0 Å². The Morgan fingerprint density at radius 2 is 2.05 bits per heavy atom. The maximum Gasteiger partial charge on any atom is 0.410 e. The third-order valence-corrected chi connectivity index (χ3v) is 4.19. The van der Waals surface area contributed by atoms with Crippen LogP contribution in [0.25, 0.3) is 0 Å². The van der Waals surface area contributed by atoms with Crippen molar-refractivity contribution < 1.29 is 9.53 Å². The van der Waals surface area contributed by atoms with Crippen LogP contribution in [0.3, 0.4) is 0 Å². The topological polar surface area (TPSA) is 54.5 Å². The SMILES string of the molecule is Cc1nc(C)c(C(C)NCCN(C)C(=O)OC(C)(C)C)s1. The second-order valence-electron chi connectivity index (χ2n) is 6.26. The third kappa shape index (κ3) is 6.01. The number of hydrogen-bond acceptors (Lipinski definition) is 5. The molecule has 6 heteroatoms. The Morgan fingerprint density at radius 3 is 2.52 bits per heavy atom. The van der Waals surface area contributed by atoms with Crippen LogP contribution < -0.4 is 5.32 Å². The van der Waals surface area contributed by atoms with Crippen molar-refractivity contribution in [3.63, 3.8) is 0 Å². The van der Waals surface area contributed by atoms with Gasteiger partial charge in [-0.25, -0.2) is 9.78 Å². The van der Waals surface area contributed by atoms with E-state index in [1.165, 1.54) is 4.88 Å². The molecule has 0 saturated carbocycles. The Hall–Kier alpha value is -1.14. The number of nitrogens with one attached hydrogen (secondary N) is 1. The zero-order valence-corrected chi connectivity index (χ0v) is 14.9. The van der Waals surface area contributed by atoms with Crippen LogP contribution in [0.15, 0.2) is 0 Å². The lowest BCUT2D eigenvalue weighted by molar-refractivity contribution is 0.0299. The number of aromatic nitrogens is 1. The number of likely N-dealkylation sites (N-methyl/N-ethyl adjacent to an activating group) is 1. The molecule has 1 aromatic rings. The van der Waals surface area contributed by atoms with E-state index in [1.807, 2.05) is 34.6 Å². The van der Waals surface area contributed by atoms with Gasteiger partial charge in [-0.15, -0.1) is 11.3 Å². The van der Waals surface area contributed by atoms with Crippen LogP contribution in [-0.2, 0) is 4.74 Å². The van der Waals surface area contributed by atoms with Crippen LogP contribution in [0.2, 0.25) is 0 Å². The number of ether oxygens (including phenoxy) is 1. The number of nitrogens with zero attached hydrogens (tertiary/aromatic N) is 2. The first-order valence-corrected chi connectivity index (χ1v) is 8.03. The summed E-state index contributed by atoms with van der Waals surface area (Å²) in [6.07, 6.45) is -0.290. The first kappa shape index (κ1) is 17.9. The predicted octanol–water partition coefficient (Wildman–Crippen LogP) is 3.28. The van der Waals surface area contributed by atoms with E-state index < -0.39 is 5.60 Å². The Morgan fingerprint density at radius 1 is 1.43 bits per heavy atom. The summed E-state index contributed by atoms with van der Waals surface area (Å²) in [7, 11) is 1.75. The second-order valence-corrected chi connectivity index (χ2v) is 7.50. The summed E-state index contributed by atoms with van der Waals surface area (Å²) in [5.41, 5.74) is 0.626. The quantitative estimate of drug-likeness (QED) is 0.906. The van der Waals surface area contributed by atoms with E-state index in [2.05, 4.69) is 17.2 Å². The summed E-state index contributed by atoms with van der Waals surface area (Å²) in [5.74, 6) is 0. The summed E-state index contributed by atoms with van der Waals surface area (Å²) in [6.45, 7) is 13.1. The van der Waals surface area contributed by atoms with E-state index in [0.29, 0.717) is 13.1 Å². The van der Waals surface area contributed by atoms with E-state index in [-0.39, 0.29) is 12.1 Å². The molecule has 120 valence electrons. The molecule has 1 atom stereocenters. The first-order valence-electron chi connectivity index (χ1n) is 7.21. The van der Waals surface area contributed by atoms with Crippen LogP contribution in [0, 0.1) is 13.8 Å². The summed E-state index contributed by atoms with van der Waals surface area (Å²) < 4.78 is 5.32. The molecule has 21 heavy (non-hydrogen) atoms. The predicted molar refractivity (Wildman–Crippen MR) is 86.9 cm³/mol. The van der Waals surface area contributed by atoms with Crippen molar-refractivity contribution in [2.24, 2.45) is 0 Å². The lowest BCUT2D eigenvalue weighted by atomic mass is 10.2. The molecule has 1 unspecified atom stereocenters. The molecule has 0 bridgehead atoms. The molecule has 1 rings (SSSR count). The Labute approximate surface area is 131 Å². The minimum atomic E-state index is -0.455. The zero-order chi connectivity index (χ0) is 16.2. The number of thiazole rings is 1. The van der Waals surface area contributed by atoms with Gasteiger partial charge in [0, 0.05) is 31.1 Å². The number of rotatable bonds is 5. The molecule has 5 nitrogen and oxygen atoms in total. The van der Waals surface area contributed by atoms with Gasteiger partial charge in [0.2, 0.25) is 0 Å². The normalized spacial score (nSPS) is 13.1. The van der Waals surface area contributed by atoms with Crippen molar-refractivity contribution in [3.05, 3.63) is 15.6 Å². The highest BCUT2D eigenvalue weighted by atomic mass is 32.1. The molecule has 0 aliphatic rings. The standard InChI is InChI=1S/C15H27N3O2S/c1-10(13-11(2)17-12(3)21-13)16-8-9-18(7)14(19)20-15(4,5)6/h10,16H,8-9H2,1-7H3. The van der Waals surface area contributed by atoms with Gasteiger partial charge in [-0.05, 0) is 41.5 Å². The Bertz CT molecular complexity index is 480. The number of carbonyl (C=O) groups is 1. The molecular weight excluding hydrogens is 286 g/mol. The van der Waals surface area contributed by atoms with Crippen LogP contribution in [0.5, 0.6) is 0 Å². The monoisotopic (exact) mass is 313 g/mol. The minimum Gasteiger partial charge on any atom is -0.444 e.